The van der Waals surface area contributed by atoms with Crippen LogP contribution in [0.3, 0.4) is 0 Å². The van der Waals surface area contributed by atoms with Crippen LogP contribution in [-0.4, -0.2) is 16.5 Å². The Morgan fingerprint density at radius 3 is 2.79 bits per heavy atom. The Labute approximate surface area is 86.6 Å². The molecule has 0 atom stereocenters. The molecule has 4 heteroatoms. The van der Waals surface area contributed by atoms with Crippen LogP contribution in [0.2, 0.25) is 0 Å². The lowest BCUT2D eigenvalue weighted by atomic mass is 10.3. The Kier molecular flexibility index (Phi) is 2.86. The SMILES string of the molecule is NCCc1csc(-c2ccncc2)n1. The Hall–Kier alpha value is -1.26. The highest BCUT2D eigenvalue weighted by Crippen LogP contribution is 2.22. The maximum absolute atomic E-state index is 5.46. The van der Waals surface area contributed by atoms with E-state index in [1.165, 1.54) is 0 Å². The molecule has 0 fully saturated rings. The lowest BCUT2D eigenvalue weighted by molar-refractivity contribution is 0.936. The normalized spacial score (nSPS) is 10.4. The monoisotopic (exact) mass is 205 g/mol. The van der Waals surface area contributed by atoms with Gasteiger partial charge in [0.25, 0.3) is 0 Å². The van der Waals surface area contributed by atoms with Crippen LogP contribution in [0.4, 0.5) is 0 Å². The molecule has 14 heavy (non-hydrogen) atoms. The van der Waals surface area contributed by atoms with Crippen molar-refractivity contribution in [2.24, 2.45) is 5.73 Å². The predicted molar refractivity (Wildman–Crippen MR) is 58.1 cm³/mol. The number of nitrogens with two attached hydrogens (primary N) is 1. The maximum atomic E-state index is 5.46. The summed E-state index contributed by atoms with van der Waals surface area (Å²) >= 11 is 1.65. The van der Waals surface area contributed by atoms with E-state index in [0.29, 0.717) is 6.54 Å². The highest BCUT2D eigenvalue weighted by molar-refractivity contribution is 7.13. The van der Waals surface area contributed by atoms with Gasteiger partial charge in [0.05, 0.1) is 5.69 Å². The largest absolute Gasteiger partial charge is 0.330 e. The molecule has 72 valence electrons. The van der Waals surface area contributed by atoms with E-state index in [2.05, 4.69) is 15.3 Å². The van der Waals surface area contributed by atoms with Crippen molar-refractivity contribution in [2.75, 3.05) is 6.54 Å². The summed E-state index contributed by atoms with van der Waals surface area (Å²) in [7, 11) is 0. The first-order valence-corrected chi connectivity index (χ1v) is 5.33. The summed E-state index contributed by atoms with van der Waals surface area (Å²) in [5.41, 5.74) is 7.66. The zero-order valence-electron chi connectivity index (χ0n) is 7.68. The van der Waals surface area contributed by atoms with E-state index in [1.54, 1.807) is 23.7 Å². The molecule has 2 heterocycles. The second-order valence-corrected chi connectivity index (χ2v) is 3.78. The number of aromatic nitrogens is 2. The molecular weight excluding hydrogens is 194 g/mol. The van der Waals surface area contributed by atoms with E-state index in [9.17, 15) is 0 Å². The van der Waals surface area contributed by atoms with Crippen molar-refractivity contribution in [1.82, 2.24) is 9.97 Å². The van der Waals surface area contributed by atoms with Gasteiger partial charge in [-0.05, 0) is 18.7 Å². The minimum absolute atomic E-state index is 0.652. The van der Waals surface area contributed by atoms with Gasteiger partial charge in [0.2, 0.25) is 0 Å². The van der Waals surface area contributed by atoms with Gasteiger partial charge in [-0.3, -0.25) is 4.98 Å². The fourth-order valence-corrected chi connectivity index (χ4v) is 2.06. The van der Waals surface area contributed by atoms with Gasteiger partial charge in [-0.1, -0.05) is 0 Å². The highest BCUT2D eigenvalue weighted by atomic mass is 32.1. The zero-order chi connectivity index (χ0) is 9.80. The molecule has 0 aliphatic rings. The van der Waals surface area contributed by atoms with Gasteiger partial charge < -0.3 is 5.73 Å². The molecule has 0 saturated heterocycles. The van der Waals surface area contributed by atoms with E-state index < -0.39 is 0 Å². The van der Waals surface area contributed by atoms with Gasteiger partial charge in [-0.15, -0.1) is 11.3 Å². The summed E-state index contributed by atoms with van der Waals surface area (Å²) < 4.78 is 0. The molecule has 2 N–H and O–H groups in total. The van der Waals surface area contributed by atoms with Gasteiger partial charge in [-0.25, -0.2) is 4.98 Å². The smallest absolute Gasteiger partial charge is 0.123 e. The Morgan fingerprint density at radius 1 is 1.29 bits per heavy atom. The Morgan fingerprint density at radius 2 is 2.07 bits per heavy atom. The standard InChI is InChI=1S/C10H11N3S/c11-4-1-9-7-14-10(13-9)8-2-5-12-6-3-8/h2-3,5-7H,1,4,11H2. The summed E-state index contributed by atoms with van der Waals surface area (Å²) in [6, 6.07) is 3.93. The second-order valence-electron chi connectivity index (χ2n) is 2.92. The molecule has 2 aromatic heterocycles. The van der Waals surface area contributed by atoms with E-state index in [-0.39, 0.29) is 0 Å². The van der Waals surface area contributed by atoms with E-state index >= 15 is 0 Å². The van der Waals surface area contributed by atoms with Crippen LogP contribution >= 0.6 is 11.3 Å². The zero-order valence-corrected chi connectivity index (χ0v) is 8.50. The van der Waals surface area contributed by atoms with E-state index in [1.807, 2.05) is 12.1 Å². The van der Waals surface area contributed by atoms with Crippen LogP contribution in [0.15, 0.2) is 29.9 Å². The quantitative estimate of drug-likeness (QED) is 0.829. The molecular formula is C10H11N3S. The summed E-state index contributed by atoms with van der Waals surface area (Å²) in [5, 5.41) is 3.10. The number of pyridine rings is 1. The number of hydrogen-bond donors (Lipinski definition) is 1. The maximum Gasteiger partial charge on any atom is 0.123 e. The lowest BCUT2D eigenvalue weighted by Gasteiger charge is -1.93. The van der Waals surface area contributed by atoms with Crippen LogP contribution in [0, 0.1) is 0 Å². The minimum atomic E-state index is 0.652. The van der Waals surface area contributed by atoms with Gasteiger partial charge in [0.1, 0.15) is 5.01 Å². The number of hydrogen-bond acceptors (Lipinski definition) is 4. The molecule has 0 saturated carbocycles. The first kappa shape index (κ1) is 9.30. The predicted octanol–water partition coefficient (Wildman–Crippen LogP) is 1.71. The molecule has 2 aromatic rings. The number of rotatable bonds is 3. The van der Waals surface area contributed by atoms with Gasteiger partial charge in [0, 0.05) is 29.8 Å². The summed E-state index contributed by atoms with van der Waals surface area (Å²) in [6.07, 6.45) is 4.40. The average Bonchev–Trinajstić information content (AvgIpc) is 2.68. The van der Waals surface area contributed by atoms with E-state index in [4.69, 9.17) is 5.73 Å². The average molecular weight is 205 g/mol. The molecule has 0 bridgehead atoms. The summed E-state index contributed by atoms with van der Waals surface area (Å²) in [4.78, 5) is 8.45. The minimum Gasteiger partial charge on any atom is -0.330 e. The molecule has 0 spiro atoms. The second kappa shape index (κ2) is 4.30. The third kappa shape index (κ3) is 1.97. The van der Waals surface area contributed by atoms with Crippen molar-refractivity contribution in [3.8, 4) is 10.6 Å². The van der Waals surface area contributed by atoms with Gasteiger partial charge >= 0.3 is 0 Å². The summed E-state index contributed by atoms with van der Waals surface area (Å²) in [5.74, 6) is 0. The van der Waals surface area contributed by atoms with Crippen molar-refractivity contribution in [2.45, 2.75) is 6.42 Å². The first-order valence-electron chi connectivity index (χ1n) is 4.45. The molecule has 2 rings (SSSR count). The van der Waals surface area contributed by atoms with Gasteiger partial charge in [0.15, 0.2) is 0 Å². The lowest BCUT2D eigenvalue weighted by Crippen LogP contribution is -2.02. The van der Waals surface area contributed by atoms with Crippen molar-refractivity contribution in [1.29, 1.82) is 0 Å². The van der Waals surface area contributed by atoms with Crippen molar-refractivity contribution in [3.05, 3.63) is 35.6 Å². The van der Waals surface area contributed by atoms with Crippen LogP contribution in [0.25, 0.3) is 10.6 Å². The number of nitrogens with zero attached hydrogens (tertiary/aromatic N) is 2. The fourth-order valence-electron chi connectivity index (χ4n) is 1.20. The Bertz CT molecular complexity index is 397. The number of thiazole rings is 1. The van der Waals surface area contributed by atoms with E-state index in [0.717, 1.165) is 22.7 Å². The molecule has 0 amide bonds. The molecule has 0 radical (unpaired) electrons. The van der Waals surface area contributed by atoms with Gasteiger partial charge in [-0.2, -0.15) is 0 Å². The molecule has 0 unspecified atom stereocenters. The summed E-state index contributed by atoms with van der Waals surface area (Å²) in [6.45, 7) is 0.652. The highest BCUT2D eigenvalue weighted by Gasteiger charge is 2.02. The van der Waals surface area contributed by atoms with Crippen LogP contribution in [-0.2, 0) is 6.42 Å². The van der Waals surface area contributed by atoms with Crippen molar-refractivity contribution in [3.63, 3.8) is 0 Å². The molecule has 0 aliphatic carbocycles. The fraction of sp³-hybridized carbons (Fsp3) is 0.200. The van der Waals surface area contributed by atoms with Crippen LogP contribution < -0.4 is 5.73 Å². The molecule has 0 aliphatic heterocycles. The topological polar surface area (TPSA) is 51.8 Å². The van der Waals surface area contributed by atoms with Crippen LogP contribution in [0.1, 0.15) is 5.69 Å². The third-order valence-electron chi connectivity index (χ3n) is 1.88. The Balaban J connectivity index is 2.25. The molecule has 0 aromatic carbocycles. The third-order valence-corrected chi connectivity index (χ3v) is 2.82. The van der Waals surface area contributed by atoms with Crippen molar-refractivity contribution < 1.29 is 0 Å². The molecule has 3 nitrogen and oxygen atoms in total. The van der Waals surface area contributed by atoms with Crippen LogP contribution in [0.5, 0.6) is 0 Å². The van der Waals surface area contributed by atoms with Crippen molar-refractivity contribution >= 4 is 11.3 Å². The first-order chi connectivity index (χ1) is 6.90.